The summed E-state index contributed by atoms with van der Waals surface area (Å²) in [5, 5.41) is 0. The average molecular weight is 192 g/mol. The second-order valence-corrected chi connectivity index (χ2v) is 5.31. The van der Waals surface area contributed by atoms with Gasteiger partial charge in [-0.3, -0.25) is 4.57 Å². The van der Waals surface area contributed by atoms with Crippen LogP contribution in [0.3, 0.4) is 0 Å². The van der Waals surface area contributed by atoms with Gasteiger partial charge in [0.2, 0.25) is 7.37 Å². The number of carbonyl (C=O) groups is 1. The van der Waals surface area contributed by atoms with E-state index in [1.54, 1.807) is 6.92 Å². The molecule has 0 aromatic carbocycles. The third-order valence-corrected chi connectivity index (χ3v) is 1.61. The number of esters is 1. The van der Waals surface area contributed by atoms with Crippen LogP contribution >= 0.6 is 7.37 Å². The summed E-state index contributed by atoms with van der Waals surface area (Å²) in [4.78, 5) is 10.6. The van der Waals surface area contributed by atoms with Crippen molar-refractivity contribution in [2.45, 2.75) is 6.92 Å². The lowest BCUT2D eigenvalue weighted by Gasteiger charge is -2.09. The zero-order valence-corrected chi connectivity index (χ0v) is 8.55. The van der Waals surface area contributed by atoms with E-state index in [-0.39, 0.29) is 0 Å². The first-order valence-corrected chi connectivity index (χ1v) is 5.88. The van der Waals surface area contributed by atoms with Crippen molar-refractivity contribution in [3.05, 3.63) is 11.8 Å². The quantitative estimate of drug-likeness (QED) is 0.295. The van der Waals surface area contributed by atoms with E-state index in [0.717, 1.165) is 6.08 Å². The molecule has 0 saturated carbocycles. The van der Waals surface area contributed by atoms with Crippen LogP contribution in [-0.2, 0) is 18.6 Å². The van der Waals surface area contributed by atoms with Crippen LogP contribution in [0.4, 0.5) is 0 Å². The zero-order chi connectivity index (χ0) is 9.78. The van der Waals surface area contributed by atoms with Gasteiger partial charge in [0, 0.05) is 13.3 Å². The van der Waals surface area contributed by atoms with E-state index in [1.807, 2.05) is 0 Å². The standard InChI is InChI=1S/C7H13O4P/c1-6(5-7(8)10-2)11-12(3,4)9/h5H,1-4H3/b6-5+. The van der Waals surface area contributed by atoms with Gasteiger partial charge in [-0.2, -0.15) is 0 Å². The van der Waals surface area contributed by atoms with Crippen LogP contribution in [0.15, 0.2) is 11.8 Å². The van der Waals surface area contributed by atoms with Gasteiger partial charge in [-0.05, 0) is 6.92 Å². The van der Waals surface area contributed by atoms with Gasteiger partial charge in [0.25, 0.3) is 0 Å². The zero-order valence-electron chi connectivity index (χ0n) is 7.66. The molecule has 0 atom stereocenters. The Morgan fingerprint density at radius 1 is 1.42 bits per heavy atom. The van der Waals surface area contributed by atoms with E-state index in [1.165, 1.54) is 20.4 Å². The Labute approximate surface area is 72.0 Å². The van der Waals surface area contributed by atoms with E-state index in [9.17, 15) is 9.36 Å². The molecular weight excluding hydrogens is 179 g/mol. The van der Waals surface area contributed by atoms with Crippen LogP contribution in [0.2, 0.25) is 0 Å². The molecule has 0 rings (SSSR count). The summed E-state index contributed by atoms with van der Waals surface area (Å²) in [5.41, 5.74) is 0. The first-order chi connectivity index (χ1) is 5.35. The molecule has 0 amide bonds. The predicted octanol–water partition coefficient (Wildman–Crippen LogP) is 1.62. The molecule has 0 aromatic rings. The molecule has 0 aliphatic heterocycles. The van der Waals surface area contributed by atoms with Crippen molar-refractivity contribution >= 4 is 13.3 Å². The highest BCUT2D eigenvalue weighted by molar-refractivity contribution is 7.57. The van der Waals surface area contributed by atoms with Crippen molar-refractivity contribution in [2.24, 2.45) is 0 Å². The van der Waals surface area contributed by atoms with Gasteiger partial charge in [0.05, 0.1) is 13.2 Å². The lowest BCUT2D eigenvalue weighted by atomic mass is 10.5. The van der Waals surface area contributed by atoms with Gasteiger partial charge in [-0.1, -0.05) is 0 Å². The van der Waals surface area contributed by atoms with Crippen LogP contribution in [0.25, 0.3) is 0 Å². The monoisotopic (exact) mass is 192 g/mol. The summed E-state index contributed by atoms with van der Waals surface area (Å²) in [5.74, 6) is -0.212. The summed E-state index contributed by atoms with van der Waals surface area (Å²) < 4.78 is 20.4. The largest absolute Gasteiger partial charge is 0.466 e. The van der Waals surface area contributed by atoms with Crippen molar-refractivity contribution in [3.63, 3.8) is 0 Å². The maximum Gasteiger partial charge on any atom is 0.333 e. The summed E-state index contributed by atoms with van der Waals surface area (Å²) in [7, 11) is -1.30. The van der Waals surface area contributed by atoms with Crippen LogP contribution < -0.4 is 0 Å². The summed E-state index contributed by atoms with van der Waals surface area (Å²) >= 11 is 0. The van der Waals surface area contributed by atoms with E-state index in [0.29, 0.717) is 5.76 Å². The fourth-order valence-corrected chi connectivity index (χ4v) is 1.34. The maximum absolute atomic E-state index is 11.1. The number of allylic oxidation sites excluding steroid dienone is 1. The number of rotatable bonds is 3. The third kappa shape index (κ3) is 5.98. The number of carbonyl (C=O) groups excluding carboxylic acids is 1. The lowest BCUT2D eigenvalue weighted by molar-refractivity contribution is -0.135. The number of ether oxygens (including phenoxy) is 1. The molecule has 0 saturated heterocycles. The third-order valence-electron chi connectivity index (χ3n) is 0.886. The number of hydrogen-bond acceptors (Lipinski definition) is 4. The molecule has 0 radical (unpaired) electrons. The van der Waals surface area contributed by atoms with Gasteiger partial charge < -0.3 is 9.26 Å². The summed E-state index contributed by atoms with van der Waals surface area (Å²) in [6.07, 6.45) is 1.15. The second kappa shape index (κ2) is 4.31. The van der Waals surface area contributed by atoms with E-state index >= 15 is 0 Å². The highest BCUT2D eigenvalue weighted by Crippen LogP contribution is 2.39. The predicted molar refractivity (Wildman–Crippen MR) is 46.3 cm³/mol. The van der Waals surface area contributed by atoms with Crippen molar-refractivity contribution in [2.75, 3.05) is 20.4 Å². The van der Waals surface area contributed by atoms with Crippen molar-refractivity contribution in [1.29, 1.82) is 0 Å². The van der Waals surface area contributed by atoms with Crippen molar-refractivity contribution in [3.8, 4) is 0 Å². The van der Waals surface area contributed by atoms with Gasteiger partial charge in [0.15, 0.2) is 0 Å². The highest BCUT2D eigenvalue weighted by atomic mass is 31.2. The first kappa shape index (κ1) is 11.2. The number of hydrogen-bond donors (Lipinski definition) is 0. The molecule has 5 heteroatoms. The molecular formula is C7H13O4P. The Balaban J connectivity index is 4.22. The normalized spacial score (nSPS) is 12.5. The van der Waals surface area contributed by atoms with Crippen LogP contribution in [0.1, 0.15) is 6.92 Å². The van der Waals surface area contributed by atoms with Crippen molar-refractivity contribution < 1.29 is 18.6 Å². The van der Waals surface area contributed by atoms with E-state index in [4.69, 9.17) is 4.52 Å². The van der Waals surface area contributed by atoms with Crippen LogP contribution in [0, 0.1) is 0 Å². The Kier molecular flexibility index (Phi) is 4.04. The molecule has 4 nitrogen and oxygen atoms in total. The molecule has 0 aliphatic carbocycles. The van der Waals surface area contributed by atoms with E-state index in [2.05, 4.69) is 4.74 Å². The lowest BCUT2D eigenvalue weighted by Crippen LogP contribution is -1.97. The Morgan fingerprint density at radius 3 is 2.25 bits per heavy atom. The molecule has 0 fully saturated rings. The summed E-state index contributed by atoms with van der Waals surface area (Å²) in [6, 6.07) is 0. The summed E-state index contributed by atoms with van der Waals surface area (Å²) in [6.45, 7) is 4.50. The fraction of sp³-hybridized carbons (Fsp3) is 0.571. The molecule has 0 unspecified atom stereocenters. The Hall–Kier alpha value is -0.760. The Bertz CT molecular complexity index is 238. The minimum atomic E-state index is -2.56. The van der Waals surface area contributed by atoms with Gasteiger partial charge in [-0.25, -0.2) is 4.79 Å². The minimum Gasteiger partial charge on any atom is -0.466 e. The Morgan fingerprint density at radius 2 is 1.92 bits per heavy atom. The highest BCUT2D eigenvalue weighted by Gasteiger charge is 2.08. The fourth-order valence-electron chi connectivity index (χ4n) is 0.598. The van der Waals surface area contributed by atoms with Crippen molar-refractivity contribution in [1.82, 2.24) is 0 Å². The molecule has 0 spiro atoms. The smallest absolute Gasteiger partial charge is 0.333 e. The molecule has 0 bridgehead atoms. The minimum absolute atomic E-state index is 0.301. The maximum atomic E-state index is 11.1. The molecule has 0 N–H and O–H groups in total. The van der Waals surface area contributed by atoms with E-state index < -0.39 is 13.3 Å². The number of methoxy groups -OCH3 is 1. The second-order valence-electron chi connectivity index (χ2n) is 2.62. The molecule has 12 heavy (non-hydrogen) atoms. The van der Waals surface area contributed by atoms with Gasteiger partial charge in [-0.15, -0.1) is 0 Å². The van der Waals surface area contributed by atoms with Crippen LogP contribution in [0.5, 0.6) is 0 Å². The van der Waals surface area contributed by atoms with Gasteiger partial charge in [0.1, 0.15) is 5.76 Å². The molecule has 0 aliphatic rings. The molecule has 0 aromatic heterocycles. The molecule has 0 heterocycles. The first-order valence-electron chi connectivity index (χ1n) is 3.36. The SMILES string of the molecule is COC(=O)/C=C(\C)OP(C)(C)=O. The van der Waals surface area contributed by atoms with Gasteiger partial charge >= 0.3 is 5.97 Å². The topological polar surface area (TPSA) is 52.6 Å². The average Bonchev–Trinajstić information content (AvgIpc) is 1.82. The molecule has 70 valence electrons. The van der Waals surface area contributed by atoms with Crippen LogP contribution in [-0.4, -0.2) is 26.4 Å².